The standard InChI is InChI=1S/C30H31N7O6/c1-3-31-28(40)25-23(38)24(39)29(43-25)37-17-32-22-26(36-30(41)33-19-13-15-20(42-2)16-14-19)34-21(35-27(22)37)12-8-7-11-18-9-5-4-6-10-18/h4-6,9-10,13-17,23-25,29,38-39H,3,7,11H2,1-2H3,(H,31,40)(H2,33,34,35,36,41). The van der Waals surface area contributed by atoms with Crippen LogP contribution in [0.2, 0.25) is 0 Å². The smallest absolute Gasteiger partial charge is 0.324 e. The van der Waals surface area contributed by atoms with E-state index >= 15 is 0 Å². The van der Waals surface area contributed by atoms with Crippen molar-refractivity contribution in [1.29, 1.82) is 0 Å². The molecule has 43 heavy (non-hydrogen) atoms. The molecule has 5 N–H and O–H groups in total. The van der Waals surface area contributed by atoms with Crippen molar-refractivity contribution >= 4 is 34.6 Å². The number of aliphatic hydroxyl groups is 2. The zero-order chi connectivity index (χ0) is 30.3. The summed E-state index contributed by atoms with van der Waals surface area (Å²) < 4.78 is 12.3. The Morgan fingerprint density at radius 2 is 1.81 bits per heavy atom. The van der Waals surface area contributed by atoms with Crippen LogP contribution in [0.4, 0.5) is 16.3 Å². The Morgan fingerprint density at radius 1 is 1.05 bits per heavy atom. The van der Waals surface area contributed by atoms with Crippen molar-refractivity contribution in [3.63, 3.8) is 0 Å². The van der Waals surface area contributed by atoms with Crippen molar-refractivity contribution < 1.29 is 29.3 Å². The highest BCUT2D eigenvalue weighted by atomic mass is 16.6. The van der Waals surface area contributed by atoms with Gasteiger partial charge in [0.05, 0.1) is 13.4 Å². The monoisotopic (exact) mass is 585 g/mol. The molecule has 2 aromatic carbocycles. The highest BCUT2D eigenvalue weighted by molar-refractivity contribution is 6.03. The second kappa shape index (κ2) is 13.3. The molecule has 13 nitrogen and oxygen atoms in total. The van der Waals surface area contributed by atoms with Gasteiger partial charge in [0.2, 0.25) is 5.82 Å². The normalized spacial score (nSPS) is 19.3. The molecule has 13 heteroatoms. The fourth-order valence-corrected chi connectivity index (χ4v) is 4.56. The summed E-state index contributed by atoms with van der Waals surface area (Å²) >= 11 is 0. The van der Waals surface area contributed by atoms with E-state index in [2.05, 4.69) is 42.7 Å². The minimum Gasteiger partial charge on any atom is -0.497 e. The first kappa shape index (κ1) is 29.5. The van der Waals surface area contributed by atoms with Gasteiger partial charge in [0.25, 0.3) is 5.91 Å². The van der Waals surface area contributed by atoms with Gasteiger partial charge in [0, 0.05) is 18.7 Å². The first-order chi connectivity index (χ1) is 20.9. The molecule has 2 aromatic heterocycles. The number of ether oxygens (including phenoxy) is 2. The van der Waals surface area contributed by atoms with Crippen LogP contribution in [0.25, 0.3) is 11.2 Å². The third-order valence-electron chi connectivity index (χ3n) is 6.70. The number of methoxy groups -OCH3 is 1. The summed E-state index contributed by atoms with van der Waals surface area (Å²) in [5.41, 5.74) is 2.01. The lowest BCUT2D eigenvalue weighted by Gasteiger charge is -2.16. The minimum absolute atomic E-state index is 0.0652. The number of aliphatic hydroxyl groups excluding tert-OH is 2. The van der Waals surface area contributed by atoms with Crippen LogP contribution in [-0.4, -0.2) is 73.6 Å². The van der Waals surface area contributed by atoms with Crippen molar-refractivity contribution in [2.75, 3.05) is 24.3 Å². The number of nitrogens with one attached hydrogen (secondary N) is 3. The maximum Gasteiger partial charge on any atom is 0.324 e. The zero-order valence-corrected chi connectivity index (χ0v) is 23.5. The molecule has 4 aromatic rings. The second-order valence-electron chi connectivity index (χ2n) is 9.64. The molecule has 3 heterocycles. The number of aromatic nitrogens is 4. The molecule has 0 saturated carbocycles. The Balaban J connectivity index is 1.44. The third-order valence-corrected chi connectivity index (χ3v) is 6.70. The number of aryl methyl sites for hydroxylation is 1. The summed E-state index contributed by atoms with van der Waals surface area (Å²) in [5.74, 6) is 6.24. The van der Waals surface area contributed by atoms with Crippen LogP contribution in [0.5, 0.6) is 5.75 Å². The molecule has 0 spiro atoms. The fraction of sp³-hybridized carbons (Fsp3) is 0.300. The average molecular weight is 586 g/mol. The van der Waals surface area contributed by atoms with Crippen molar-refractivity contribution in [3.8, 4) is 17.6 Å². The molecule has 4 atom stereocenters. The summed E-state index contributed by atoms with van der Waals surface area (Å²) in [6, 6.07) is 16.1. The topological polar surface area (TPSA) is 173 Å². The number of benzene rings is 2. The van der Waals surface area contributed by atoms with E-state index in [9.17, 15) is 19.8 Å². The molecule has 0 radical (unpaired) electrons. The summed E-state index contributed by atoms with van der Waals surface area (Å²) in [4.78, 5) is 38.6. The number of imidazole rings is 1. The van der Waals surface area contributed by atoms with E-state index < -0.39 is 36.5 Å². The molecule has 5 rings (SSSR count). The van der Waals surface area contributed by atoms with Crippen LogP contribution in [0.15, 0.2) is 60.9 Å². The van der Waals surface area contributed by atoms with Crippen LogP contribution < -0.4 is 20.7 Å². The molecule has 1 fully saturated rings. The Labute approximate surface area is 247 Å². The molecule has 222 valence electrons. The Hall–Kier alpha value is -5.03. The number of fused-ring (bicyclic) bond motifs is 1. The van der Waals surface area contributed by atoms with E-state index in [-0.39, 0.29) is 22.8 Å². The predicted octanol–water partition coefficient (Wildman–Crippen LogP) is 2.22. The Kier molecular flexibility index (Phi) is 9.11. The number of carbonyl (C=O) groups is 2. The van der Waals surface area contributed by atoms with Crippen molar-refractivity contribution in [3.05, 3.63) is 72.3 Å². The lowest BCUT2D eigenvalue weighted by atomic mass is 10.1. The summed E-state index contributed by atoms with van der Waals surface area (Å²) in [7, 11) is 1.55. The number of urea groups is 1. The SMILES string of the molecule is CCNC(=O)C1OC(n2cnc3c(NC(=O)Nc4ccc(OC)cc4)nc(C#CCCc4ccccc4)nc32)C(O)C1O. The van der Waals surface area contributed by atoms with Crippen LogP contribution >= 0.6 is 0 Å². The van der Waals surface area contributed by atoms with E-state index in [1.54, 1.807) is 38.3 Å². The summed E-state index contributed by atoms with van der Waals surface area (Å²) in [6.45, 7) is 2.06. The maximum atomic E-state index is 12.9. The van der Waals surface area contributed by atoms with E-state index in [0.29, 0.717) is 24.4 Å². The summed E-state index contributed by atoms with van der Waals surface area (Å²) in [6.07, 6.45) is -2.84. The second-order valence-corrected chi connectivity index (χ2v) is 9.64. The fourth-order valence-electron chi connectivity index (χ4n) is 4.56. The molecule has 1 saturated heterocycles. The molecular weight excluding hydrogens is 554 g/mol. The largest absolute Gasteiger partial charge is 0.497 e. The first-order valence-electron chi connectivity index (χ1n) is 13.7. The van der Waals surface area contributed by atoms with Gasteiger partial charge in [-0.1, -0.05) is 36.3 Å². The molecule has 1 aliphatic heterocycles. The zero-order valence-electron chi connectivity index (χ0n) is 23.5. The molecule has 1 aliphatic rings. The van der Waals surface area contributed by atoms with Gasteiger partial charge in [-0.05, 0) is 49.1 Å². The number of nitrogens with zero attached hydrogens (tertiary/aromatic N) is 4. The Morgan fingerprint density at radius 3 is 2.53 bits per heavy atom. The molecule has 4 unspecified atom stereocenters. The van der Waals surface area contributed by atoms with E-state index in [4.69, 9.17) is 9.47 Å². The quantitative estimate of drug-likeness (QED) is 0.194. The first-order valence-corrected chi connectivity index (χ1v) is 13.7. The summed E-state index contributed by atoms with van der Waals surface area (Å²) in [5, 5.41) is 29.3. The van der Waals surface area contributed by atoms with Gasteiger partial charge >= 0.3 is 6.03 Å². The van der Waals surface area contributed by atoms with Crippen molar-refractivity contribution in [2.45, 2.75) is 44.3 Å². The molecular formula is C30H31N7O6. The molecule has 3 amide bonds. The highest BCUT2D eigenvalue weighted by Gasteiger charge is 2.47. The van der Waals surface area contributed by atoms with Gasteiger partial charge in [-0.3, -0.25) is 14.7 Å². The van der Waals surface area contributed by atoms with Crippen molar-refractivity contribution in [1.82, 2.24) is 24.8 Å². The lowest BCUT2D eigenvalue weighted by Crippen LogP contribution is -2.42. The van der Waals surface area contributed by atoms with Gasteiger partial charge in [-0.25, -0.2) is 19.7 Å². The minimum atomic E-state index is -1.49. The van der Waals surface area contributed by atoms with Crippen LogP contribution in [0.1, 0.15) is 31.0 Å². The van der Waals surface area contributed by atoms with Crippen LogP contribution in [-0.2, 0) is 16.0 Å². The van der Waals surface area contributed by atoms with E-state index in [1.807, 2.05) is 30.3 Å². The molecule has 0 aliphatic carbocycles. The third kappa shape index (κ3) is 6.73. The lowest BCUT2D eigenvalue weighted by molar-refractivity contribution is -0.137. The van der Waals surface area contributed by atoms with Gasteiger partial charge in [-0.2, -0.15) is 0 Å². The number of anilines is 2. The van der Waals surface area contributed by atoms with Crippen molar-refractivity contribution in [2.24, 2.45) is 0 Å². The maximum absolute atomic E-state index is 12.9. The number of hydrogen-bond acceptors (Lipinski definition) is 9. The van der Waals surface area contributed by atoms with Crippen LogP contribution in [0.3, 0.4) is 0 Å². The number of hydrogen-bond donors (Lipinski definition) is 5. The number of amides is 3. The number of likely N-dealkylation sites (N-methyl/N-ethyl adjacent to an activating group) is 1. The van der Waals surface area contributed by atoms with Gasteiger partial charge < -0.3 is 30.3 Å². The number of carbonyl (C=O) groups excluding carboxylic acids is 2. The van der Waals surface area contributed by atoms with E-state index in [0.717, 1.165) is 12.0 Å². The molecule has 0 bridgehead atoms. The van der Waals surface area contributed by atoms with Gasteiger partial charge in [0.1, 0.15) is 18.0 Å². The van der Waals surface area contributed by atoms with Gasteiger partial charge in [0.15, 0.2) is 29.3 Å². The average Bonchev–Trinajstić information content (AvgIpc) is 3.56. The van der Waals surface area contributed by atoms with Gasteiger partial charge in [-0.15, -0.1) is 0 Å². The highest BCUT2D eigenvalue weighted by Crippen LogP contribution is 2.32. The number of rotatable bonds is 8. The Bertz CT molecular complexity index is 1650. The van der Waals surface area contributed by atoms with Crippen LogP contribution in [0, 0.1) is 11.8 Å². The predicted molar refractivity (Wildman–Crippen MR) is 157 cm³/mol. The van der Waals surface area contributed by atoms with E-state index in [1.165, 1.54) is 10.9 Å².